The third-order valence-corrected chi connectivity index (χ3v) is 3.44. The van der Waals surface area contributed by atoms with Crippen LogP contribution in [0.3, 0.4) is 0 Å². The lowest BCUT2D eigenvalue weighted by molar-refractivity contribution is -0.138. The van der Waals surface area contributed by atoms with Gasteiger partial charge in [-0.05, 0) is 13.0 Å². The molecule has 1 aromatic rings. The van der Waals surface area contributed by atoms with Crippen molar-refractivity contribution in [3.05, 3.63) is 23.5 Å². The molecule has 0 saturated heterocycles. The van der Waals surface area contributed by atoms with Crippen molar-refractivity contribution in [2.45, 2.75) is 17.7 Å². The third kappa shape index (κ3) is 2.55. The van der Waals surface area contributed by atoms with Crippen molar-refractivity contribution in [2.75, 3.05) is 6.26 Å². The highest BCUT2D eigenvalue weighted by Gasteiger charge is 2.26. The maximum absolute atomic E-state index is 13.8. The maximum atomic E-state index is 13.8. The number of rotatable bonds is 3. The molecule has 0 aliphatic heterocycles. The molecule has 94 valence electrons. The average Bonchev–Trinajstić information content (AvgIpc) is 2.14. The average molecular weight is 262 g/mol. The number of halogens is 1. The molecule has 0 aromatic heterocycles. The van der Waals surface area contributed by atoms with Crippen molar-refractivity contribution in [3.63, 3.8) is 0 Å². The molecule has 0 saturated carbocycles. The molecule has 1 aromatic carbocycles. The molecule has 0 bridgehead atoms. The number of aromatic hydroxyl groups is 1. The van der Waals surface area contributed by atoms with Crippen molar-refractivity contribution in [3.8, 4) is 5.75 Å². The first-order valence-electron chi connectivity index (χ1n) is 4.60. The molecule has 7 heteroatoms. The van der Waals surface area contributed by atoms with Crippen molar-refractivity contribution >= 4 is 15.8 Å². The number of hydrogen-bond donors (Lipinski definition) is 2. The van der Waals surface area contributed by atoms with E-state index in [4.69, 9.17) is 5.11 Å². The van der Waals surface area contributed by atoms with Crippen LogP contribution in [0.4, 0.5) is 4.39 Å². The smallest absolute Gasteiger partial charge is 0.310 e. The van der Waals surface area contributed by atoms with Crippen LogP contribution in [0.2, 0.25) is 0 Å². The normalized spacial score (nSPS) is 13.4. The van der Waals surface area contributed by atoms with Gasteiger partial charge in [-0.2, -0.15) is 0 Å². The highest BCUT2D eigenvalue weighted by atomic mass is 32.2. The maximum Gasteiger partial charge on any atom is 0.310 e. The van der Waals surface area contributed by atoms with Gasteiger partial charge < -0.3 is 10.2 Å². The number of carboxylic acid groups (broad SMARTS) is 1. The summed E-state index contributed by atoms with van der Waals surface area (Å²) in [7, 11) is -3.96. The van der Waals surface area contributed by atoms with Gasteiger partial charge in [-0.15, -0.1) is 0 Å². The van der Waals surface area contributed by atoms with Crippen LogP contribution in [0.25, 0.3) is 0 Å². The second-order valence-electron chi connectivity index (χ2n) is 3.65. The zero-order valence-corrected chi connectivity index (χ0v) is 9.95. The molecule has 1 atom stereocenters. The van der Waals surface area contributed by atoms with E-state index in [0.717, 1.165) is 18.4 Å². The Morgan fingerprint density at radius 2 is 1.94 bits per heavy atom. The monoisotopic (exact) mass is 262 g/mol. The quantitative estimate of drug-likeness (QED) is 0.851. The van der Waals surface area contributed by atoms with E-state index in [-0.39, 0.29) is 5.56 Å². The van der Waals surface area contributed by atoms with Crippen LogP contribution < -0.4 is 0 Å². The zero-order valence-electron chi connectivity index (χ0n) is 9.14. The number of carboxylic acids is 1. The van der Waals surface area contributed by atoms with E-state index in [1.165, 1.54) is 6.92 Å². The second kappa shape index (κ2) is 4.33. The van der Waals surface area contributed by atoms with Gasteiger partial charge in [0.25, 0.3) is 0 Å². The summed E-state index contributed by atoms with van der Waals surface area (Å²) in [5.41, 5.74) is -0.282. The number of sulfone groups is 1. The Labute approximate surface area is 97.4 Å². The Morgan fingerprint density at radius 3 is 2.35 bits per heavy atom. The molecular weight excluding hydrogens is 251 g/mol. The third-order valence-electron chi connectivity index (χ3n) is 2.31. The molecule has 1 rings (SSSR count). The highest BCUT2D eigenvalue weighted by Crippen LogP contribution is 2.31. The van der Waals surface area contributed by atoms with Crippen LogP contribution in [0.5, 0.6) is 5.75 Å². The molecule has 5 nitrogen and oxygen atoms in total. The predicted octanol–water partition coefficient (Wildman–Crippen LogP) is 1.12. The van der Waals surface area contributed by atoms with Crippen LogP contribution in [0.1, 0.15) is 18.4 Å². The molecule has 0 heterocycles. The van der Waals surface area contributed by atoms with Crippen LogP contribution >= 0.6 is 0 Å². The van der Waals surface area contributed by atoms with E-state index in [1.54, 1.807) is 0 Å². The summed E-state index contributed by atoms with van der Waals surface area (Å²) < 4.78 is 36.4. The lowest BCUT2D eigenvalue weighted by atomic mass is 10.0. The molecule has 2 N–H and O–H groups in total. The molecule has 0 spiro atoms. The van der Waals surface area contributed by atoms with E-state index in [2.05, 4.69) is 0 Å². The van der Waals surface area contributed by atoms with Gasteiger partial charge in [0.2, 0.25) is 0 Å². The van der Waals surface area contributed by atoms with Gasteiger partial charge in [0.1, 0.15) is 16.5 Å². The summed E-state index contributed by atoms with van der Waals surface area (Å²) in [6.45, 7) is 1.23. The van der Waals surface area contributed by atoms with Crippen molar-refractivity contribution in [1.82, 2.24) is 0 Å². The predicted molar refractivity (Wildman–Crippen MR) is 57.2 cm³/mol. The topological polar surface area (TPSA) is 91.7 Å². The molecule has 0 amide bonds. The molecule has 0 aliphatic rings. The lowest BCUT2D eigenvalue weighted by Crippen LogP contribution is -2.12. The Morgan fingerprint density at radius 1 is 1.41 bits per heavy atom. The van der Waals surface area contributed by atoms with Gasteiger partial charge in [0, 0.05) is 11.8 Å². The number of phenolic OH excluding ortho intramolecular Hbond substituents is 1. The fourth-order valence-corrected chi connectivity index (χ4v) is 2.27. The Bertz CT molecular complexity index is 564. The Kier molecular flexibility index (Phi) is 3.42. The molecule has 0 fully saturated rings. The Hall–Kier alpha value is -1.63. The number of hydrogen-bond acceptors (Lipinski definition) is 4. The van der Waals surface area contributed by atoms with Gasteiger partial charge in [-0.3, -0.25) is 4.79 Å². The summed E-state index contributed by atoms with van der Waals surface area (Å²) in [6, 6.07) is 2.02. The van der Waals surface area contributed by atoms with Crippen LogP contribution in [-0.2, 0) is 14.6 Å². The summed E-state index contributed by atoms with van der Waals surface area (Å²) in [6.07, 6.45) is 0.736. The van der Waals surface area contributed by atoms with E-state index in [1.807, 2.05) is 0 Å². The minimum absolute atomic E-state index is 0.282. The van der Waals surface area contributed by atoms with E-state index in [0.29, 0.717) is 0 Å². The van der Waals surface area contributed by atoms with Crippen molar-refractivity contribution in [2.24, 2.45) is 0 Å². The van der Waals surface area contributed by atoms with Gasteiger partial charge in [-0.1, -0.05) is 6.07 Å². The molecule has 0 aliphatic carbocycles. The van der Waals surface area contributed by atoms with Crippen molar-refractivity contribution in [1.29, 1.82) is 0 Å². The lowest BCUT2D eigenvalue weighted by Gasteiger charge is -2.11. The summed E-state index contributed by atoms with van der Waals surface area (Å²) in [5.74, 6) is -4.43. The summed E-state index contributed by atoms with van der Waals surface area (Å²) in [5, 5.41) is 18.0. The van der Waals surface area contributed by atoms with E-state index in [9.17, 15) is 22.7 Å². The highest BCUT2D eigenvalue weighted by molar-refractivity contribution is 7.90. The largest absolute Gasteiger partial charge is 0.506 e. The van der Waals surface area contributed by atoms with Gasteiger partial charge in [0.05, 0.1) is 5.92 Å². The summed E-state index contributed by atoms with van der Waals surface area (Å²) >= 11 is 0. The minimum atomic E-state index is -3.96. The molecular formula is C10H11FO5S. The molecule has 0 radical (unpaired) electrons. The SMILES string of the molecule is CC(C(=O)O)c1ccc(O)c(S(C)(=O)=O)c1F. The van der Waals surface area contributed by atoms with E-state index < -0.39 is 38.2 Å². The first-order chi connectivity index (χ1) is 7.66. The number of aliphatic carboxylic acids is 1. The van der Waals surface area contributed by atoms with Gasteiger partial charge in [0.15, 0.2) is 9.84 Å². The van der Waals surface area contributed by atoms with Crippen molar-refractivity contribution < 1.29 is 27.8 Å². The standard InChI is InChI=1S/C10H11FO5S/c1-5(10(13)14)6-3-4-7(12)9(8(6)11)17(2,15)16/h3-5,12H,1-2H3,(H,13,14). The van der Waals surface area contributed by atoms with Crippen LogP contribution in [-0.4, -0.2) is 30.9 Å². The minimum Gasteiger partial charge on any atom is -0.506 e. The van der Waals surface area contributed by atoms with Crippen LogP contribution in [0, 0.1) is 5.82 Å². The fourth-order valence-electron chi connectivity index (χ4n) is 1.38. The molecule has 1 unspecified atom stereocenters. The number of benzene rings is 1. The Balaban J connectivity index is 3.55. The first-order valence-corrected chi connectivity index (χ1v) is 6.49. The van der Waals surface area contributed by atoms with Crippen LogP contribution in [0.15, 0.2) is 17.0 Å². The fraction of sp³-hybridized carbons (Fsp3) is 0.300. The summed E-state index contributed by atoms with van der Waals surface area (Å²) in [4.78, 5) is 9.85. The van der Waals surface area contributed by atoms with Gasteiger partial charge in [-0.25, -0.2) is 12.8 Å². The molecule has 17 heavy (non-hydrogen) atoms. The van der Waals surface area contributed by atoms with E-state index >= 15 is 0 Å². The first kappa shape index (κ1) is 13.4. The second-order valence-corrected chi connectivity index (χ2v) is 5.60. The van der Waals surface area contributed by atoms with Gasteiger partial charge >= 0.3 is 5.97 Å². The number of carbonyl (C=O) groups is 1. The zero-order chi connectivity index (χ0) is 13.4. The number of phenols is 1.